The van der Waals surface area contributed by atoms with Gasteiger partial charge in [-0.25, -0.2) is 0 Å². The lowest BCUT2D eigenvalue weighted by Crippen LogP contribution is -2.47. The fraction of sp³-hybridized carbons (Fsp3) is 0.556. The largest absolute Gasteiger partial charge is 0.309 e. The normalized spacial score (nSPS) is 25.1. The Bertz CT molecular complexity index is 752. The third kappa shape index (κ3) is 2.78. The number of amides is 1. The summed E-state index contributed by atoms with van der Waals surface area (Å²) in [5.74, 6) is 0.294. The Morgan fingerprint density at radius 1 is 1.29 bits per heavy atom. The number of likely N-dealkylation sites (tertiary alicyclic amines) is 1. The molecule has 5 nitrogen and oxygen atoms in total. The van der Waals surface area contributed by atoms with E-state index in [-0.39, 0.29) is 5.41 Å². The highest BCUT2D eigenvalue weighted by Gasteiger charge is 2.49. The molecule has 4 rings (SSSR count). The van der Waals surface area contributed by atoms with Gasteiger partial charge in [-0.1, -0.05) is 0 Å². The summed E-state index contributed by atoms with van der Waals surface area (Å²) in [6, 6.07) is 4.41. The zero-order valence-corrected chi connectivity index (χ0v) is 15.2. The van der Waals surface area contributed by atoms with E-state index in [9.17, 15) is 4.79 Å². The van der Waals surface area contributed by atoms with Gasteiger partial charge in [0.15, 0.2) is 0 Å². The van der Waals surface area contributed by atoms with Crippen LogP contribution in [-0.4, -0.2) is 40.2 Å². The van der Waals surface area contributed by atoms with Gasteiger partial charge in [-0.3, -0.25) is 14.4 Å². The molecule has 1 atom stereocenters. The van der Waals surface area contributed by atoms with E-state index in [0.29, 0.717) is 5.91 Å². The average molecular weight is 344 g/mol. The van der Waals surface area contributed by atoms with E-state index in [4.69, 9.17) is 0 Å². The zero-order valence-electron chi connectivity index (χ0n) is 14.4. The van der Waals surface area contributed by atoms with E-state index in [1.54, 1.807) is 10.9 Å². The highest BCUT2D eigenvalue weighted by Crippen LogP contribution is 2.42. The summed E-state index contributed by atoms with van der Waals surface area (Å²) in [5, 5.41) is 4.22. The average Bonchev–Trinajstić information content (AvgIpc) is 3.23. The van der Waals surface area contributed by atoms with Gasteiger partial charge in [-0.05, 0) is 44.9 Å². The van der Waals surface area contributed by atoms with Crippen molar-refractivity contribution >= 4 is 22.9 Å². The van der Waals surface area contributed by atoms with Crippen LogP contribution < -0.4 is 4.90 Å². The van der Waals surface area contributed by atoms with Gasteiger partial charge in [0.2, 0.25) is 5.91 Å². The van der Waals surface area contributed by atoms with Crippen molar-refractivity contribution in [1.82, 2.24) is 14.7 Å². The molecular weight excluding hydrogens is 320 g/mol. The number of nitrogens with zero attached hydrogens (tertiary/aromatic N) is 4. The van der Waals surface area contributed by atoms with Gasteiger partial charge in [0.25, 0.3) is 0 Å². The van der Waals surface area contributed by atoms with Gasteiger partial charge < -0.3 is 4.90 Å². The van der Waals surface area contributed by atoms with Gasteiger partial charge in [0.1, 0.15) is 0 Å². The highest BCUT2D eigenvalue weighted by molar-refractivity contribution is 7.11. The van der Waals surface area contributed by atoms with Crippen LogP contribution in [0.2, 0.25) is 0 Å². The van der Waals surface area contributed by atoms with Crippen molar-refractivity contribution in [2.75, 3.05) is 24.5 Å². The second-order valence-corrected chi connectivity index (χ2v) is 8.56. The lowest BCUT2D eigenvalue weighted by atomic mass is 9.78. The zero-order chi connectivity index (χ0) is 16.7. The SMILES string of the molecule is Cc1ccc(CN2CCCC3(CCN(c4cnn(C)c4)C3=O)C2)s1. The molecule has 1 spiro atoms. The first-order valence-electron chi connectivity index (χ1n) is 8.64. The van der Waals surface area contributed by atoms with Crippen LogP contribution in [0.3, 0.4) is 0 Å². The van der Waals surface area contributed by atoms with Crippen LogP contribution in [0, 0.1) is 12.3 Å². The second-order valence-electron chi connectivity index (χ2n) is 7.19. The van der Waals surface area contributed by atoms with Gasteiger partial charge >= 0.3 is 0 Å². The predicted octanol–water partition coefficient (Wildman–Crippen LogP) is 2.81. The maximum absolute atomic E-state index is 13.2. The number of carbonyl (C=O) groups excluding carboxylic acids is 1. The van der Waals surface area contributed by atoms with E-state index in [1.165, 1.54) is 9.75 Å². The molecule has 2 fully saturated rings. The van der Waals surface area contributed by atoms with E-state index >= 15 is 0 Å². The maximum atomic E-state index is 13.2. The molecule has 0 radical (unpaired) electrons. The lowest BCUT2D eigenvalue weighted by Gasteiger charge is -2.38. The quantitative estimate of drug-likeness (QED) is 0.860. The minimum atomic E-state index is -0.194. The molecular formula is C18H24N4OS. The molecule has 0 N–H and O–H groups in total. The Morgan fingerprint density at radius 3 is 2.88 bits per heavy atom. The first-order valence-corrected chi connectivity index (χ1v) is 9.46. The number of piperidine rings is 1. The first-order chi connectivity index (χ1) is 11.6. The molecule has 4 heterocycles. The topological polar surface area (TPSA) is 41.4 Å². The van der Waals surface area contributed by atoms with Crippen molar-refractivity contribution in [3.8, 4) is 0 Å². The first kappa shape index (κ1) is 15.8. The molecule has 0 aliphatic carbocycles. The number of aryl methyl sites for hydroxylation is 2. The molecule has 2 saturated heterocycles. The monoisotopic (exact) mass is 344 g/mol. The van der Waals surface area contributed by atoms with Gasteiger partial charge in [-0.2, -0.15) is 5.10 Å². The fourth-order valence-electron chi connectivity index (χ4n) is 4.15. The van der Waals surface area contributed by atoms with Gasteiger partial charge in [0, 0.05) is 42.6 Å². The molecule has 0 aromatic carbocycles. The highest BCUT2D eigenvalue weighted by atomic mass is 32.1. The third-order valence-corrected chi connectivity index (χ3v) is 6.33. The van der Waals surface area contributed by atoms with E-state index in [0.717, 1.165) is 51.1 Å². The summed E-state index contributed by atoms with van der Waals surface area (Å²) in [4.78, 5) is 20.3. The molecule has 24 heavy (non-hydrogen) atoms. The smallest absolute Gasteiger partial charge is 0.234 e. The molecule has 1 amide bonds. The summed E-state index contributed by atoms with van der Waals surface area (Å²) >= 11 is 1.87. The Kier molecular flexibility index (Phi) is 3.96. The number of hydrogen-bond donors (Lipinski definition) is 0. The van der Waals surface area contributed by atoms with E-state index in [1.807, 2.05) is 29.5 Å². The maximum Gasteiger partial charge on any atom is 0.234 e. The molecule has 2 aliphatic rings. The Labute approximate surface area is 146 Å². The van der Waals surface area contributed by atoms with Crippen LogP contribution in [-0.2, 0) is 18.4 Å². The van der Waals surface area contributed by atoms with Crippen LogP contribution >= 0.6 is 11.3 Å². The summed E-state index contributed by atoms with van der Waals surface area (Å²) in [7, 11) is 1.89. The molecule has 0 saturated carbocycles. The lowest BCUT2D eigenvalue weighted by molar-refractivity contribution is -0.128. The molecule has 6 heteroatoms. The minimum absolute atomic E-state index is 0.194. The van der Waals surface area contributed by atoms with Crippen molar-refractivity contribution in [3.63, 3.8) is 0 Å². The Morgan fingerprint density at radius 2 is 2.17 bits per heavy atom. The number of aromatic nitrogens is 2. The molecule has 128 valence electrons. The summed E-state index contributed by atoms with van der Waals surface area (Å²) in [6.45, 7) is 5.92. The van der Waals surface area contributed by atoms with E-state index in [2.05, 4.69) is 29.1 Å². The van der Waals surface area contributed by atoms with Gasteiger partial charge in [-0.15, -0.1) is 11.3 Å². The van der Waals surface area contributed by atoms with Crippen LogP contribution in [0.25, 0.3) is 0 Å². The number of anilines is 1. The van der Waals surface area contributed by atoms with Crippen molar-refractivity contribution in [3.05, 3.63) is 34.3 Å². The van der Waals surface area contributed by atoms with Crippen LogP contribution in [0.5, 0.6) is 0 Å². The van der Waals surface area contributed by atoms with E-state index < -0.39 is 0 Å². The number of hydrogen-bond acceptors (Lipinski definition) is 4. The van der Waals surface area contributed by atoms with Crippen molar-refractivity contribution in [2.24, 2.45) is 12.5 Å². The molecule has 2 aliphatic heterocycles. The van der Waals surface area contributed by atoms with Crippen LogP contribution in [0.15, 0.2) is 24.5 Å². The number of carbonyl (C=O) groups is 1. The van der Waals surface area contributed by atoms with Crippen molar-refractivity contribution < 1.29 is 4.79 Å². The number of thiophene rings is 1. The second kappa shape index (κ2) is 6.01. The Hall–Kier alpha value is -1.66. The predicted molar refractivity (Wildman–Crippen MR) is 96.2 cm³/mol. The van der Waals surface area contributed by atoms with Gasteiger partial charge in [0.05, 0.1) is 17.3 Å². The van der Waals surface area contributed by atoms with Crippen molar-refractivity contribution in [2.45, 2.75) is 32.7 Å². The molecule has 0 bridgehead atoms. The molecule has 2 aromatic heterocycles. The van der Waals surface area contributed by atoms with Crippen LogP contribution in [0.4, 0.5) is 5.69 Å². The third-order valence-electron chi connectivity index (χ3n) is 5.35. The van der Waals surface area contributed by atoms with Crippen molar-refractivity contribution in [1.29, 1.82) is 0 Å². The molecule has 1 unspecified atom stereocenters. The summed E-state index contributed by atoms with van der Waals surface area (Å²) < 4.78 is 1.76. The standard InChI is InChI=1S/C18H24N4OS/c1-14-4-5-16(24-14)12-21-8-3-6-18(13-21)7-9-22(17(18)23)15-10-19-20(2)11-15/h4-5,10-11H,3,6-9,12-13H2,1-2H3. The summed E-state index contributed by atoms with van der Waals surface area (Å²) in [6.07, 6.45) is 6.82. The number of rotatable bonds is 3. The minimum Gasteiger partial charge on any atom is -0.309 e. The molecule has 2 aromatic rings. The Balaban J connectivity index is 1.49. The fourth-order valence-corrected chi connectivity index (χ4v) is 5.08. The van der Waals surface area contributed by atoms with Crippen LogP contribution in [0.1, 0.15) is 29.0 Å². The summed E-state index contributed by atoms with van der Waals surface area (Å²) in [5.41, 5.74) is 0.741.